The molecule has 0 saturated heterocycles. The van der Waals surface area contributed by atoms with Crippen LogP contribution >= 0.6 is 0 Å². The summed E-state index contributed by atoms with van der Waals surface area (Å²) in [6.45, 7) is 0. The van der Waals surface area contributed by atoms with E-state index in [1.807, 2.05) is 0 Å². The highest BCUT2D eigenvalue weighted by Crippen LogP contribution is 2.43. The summed E-state index contributed by atoms with van der Waals surface area (Å²) in [5.41, 5.74) is 19.2. The molecule has 0 fully saturated rings. The Labute approximate surface area is 408 Å². The molecule has 10 aromatic carbocycles. The minimum Gasteiger partial charge on any atom is -0.310 e. The van der Waals surface area contributed by atoms with E-state index in [0.717, 1.165) is 35.6 Å². The van der Waals surface area contributed by atoms with Crippen LogP contribution in [0.4, 0.5) is 0 Å². The second kappa shape index (κ2) is 14.6. The van der Waals surface area contributed by atoms with E-state index in [4.69, 9.17) is 0 Å². The molecule has 0 spiro atoms. The molecular formula is C66H43N5. The van der Waals surface area contributed by atoms with E-state index in [1.54, 1.807) is 0 Å². The summed E-state index contributed by atoms with van der Waals surface area (Å²) < 4.78 is 12.3. The summed E-state index contributed by atoms with van der Waals surface area (Å²) in [6, 6.07) is 83.1. The number of nitrogens with zero attached hydrogens (tertiary/aromatic N) is 5. The van der Waals surface area contributed by atoms with Gasteiger partial charge in [-0.2, -0.15) is 0 Å². The van der Waals surface area contributed by atoms with Crippen molar-refractivity contribution in [3.8, 4) is 28.4 Å². The molecule has 16 rings (SSSR count). The van der Waals surface area contributed by atoms with Crippen LogP contribution in [0.25, 0.3) is 133 Å². The largest absolute Gasteiger partial charge is 0.310 e. The maximum atomic E-state index is 2.48. The normalized spacial score (nSPS) is 12.9. The Balaban J connectivity index is 0.912. The van der Waals surface area contributed by atoms with Crippen LogP contribution < -0.4 is 0 Å². The number of para-hydroxylation sites is 6. The molecule has 332 valence electrons. The highest BCUT2D eigenvalue weighted by Gasteiger charge is 2.23. The van der Waals surface area contributed by atoms with Crippen molar-refractivity contribution < 1.29 is 0 Å². The van der Waals surface area contributed by atoms with Gasteiger partial charge in [0.2, 0.25) is 0 Å². The van der Waals surface area contributed by atoms with Gasteiger partial charge in [-0.3, -0.25) is 0 Å². The number of hydrogen-bond donors (Lipinski definition) is 0. The van der Waals surface area contributed by atoms with E-state index in [2.05, 4.69) is 259 Å². The molecule has 5 heterocycles. The Kier molecular flexibility index (Phi) is 7.94. The Morgan fingerprint density at radius 3 is 1.07 bits per heavy atom. The summed E-state index contributed by atoms with van der Waals surface area (Å²) in [6.07, 6.45) is 6.78. The summed E-state index contributed by atoms with van der Waals surface area (Å²) in [5, 5.41) is 11.3. The highest BCUT2D eigenvalue weighted by atomic mass is 15.0. The SMILES string of the molecule is C1=Cc2c(c3ccccc3n2-c2cccc(-n3c4ccccc4c4cc5c(cc43)c3ccccc3n5-c3cccc(-n4c5ccccc5c5cc6c7ccccc7n(-c7ccccc7)c6cc54)c3)c2)CC1. The van der Waals surface area contributed by atoms with E-state index < -0.39 is 0 Å². The van der Waals surface area contributed by atoms with Gasteiger partial charge in [0.15, 0.2) is 0 Å². The lowest BCUT2D eigenvalue weighted by molar-refractivity contribution is 0.966. The zero-order valence-corrected chi connectivity index (χ0v) is 38.7. The molecular weight excluding hydrogens is 863 g/mol. The number of benzene rings is 10. The van der Waals surface area contributed by atoms with Gasteiger partial charge in [0, 0.05) is 82.6 Å². The second-order valence-corrected chi connectivity index (χ2v) is 19.2. The van der Waals surface area contributed by atoms with Gasteiger partial charge >= 0.3 is 0 Å². The van der Waals surface area contributed by atoms with Crippen LogP contribution in [0, 0.1) is 0 Å². The van der Waals surface area contributed by atoms with Gasteiger partial charge in [-0.15, -0.1) is 0 Å². The van der Waals surface area contributed by atoms with E-state index in [-0.39, 0.29) is 0 Å². The second-order valence-electron chi connectivity index (χ2n) is 19.2. The Hall–Kier alpha value is -9.32. The zero-order chi connectivity index (χ0) is 46.3. The molecule has 5 aromatic heterocycles. The first-order valence-electron chi connectivity index (χ1n) is 24.7. The lowest BCUT2D eigenvalue weighted by Gasteiger charge is -2.15. The van der Waals surface area contributed by atoms with Crippen LogP contribution in [-0.2, 0) is 6.42 Å². The topological polar surface area (TPSA) is 24.6 Å². The molecule has 0 aliphatic heterocycles. The molecule has 71 heavy (non-hydrogen) atoms. The number of hydrogen-bond acceptors (Lipinski definition) is 0. The van der Waals surface area contributed by atoms with Crippen molar-refractivity contribution in [1.29, 1.82) is 0 Å². The minimum atomic E-state index is 1.06. The van der Waals surface area contributed by atoms with Gasteiger partial charge in [-0.05, 0) is 128 Å². The monoisotopic (exact) mass is 905 g/mol. The first-order valence-corrected chi connectivity index (χ1v) is 24.7. The molecule has 0 radical (unpaired) electrons. The number of aryl methyl sites for hydroxylation is 1. The maximum absolute atomic E-state index is 2.48. The zero-order valence-electron chi connectivity index (χ0n) is 38.7. The Morgan fingerprint density at radius 1 is 0.239 bits per heavy atom. The van der Waals surface area contributed by atoms with Crippen LogP contribution in [0.1, 0.15) is 17.7 Å². The van der Waals surface area contributed by atoms with Gasteiger partial charge in [0.1, 0.15) is 0 Å². The van der Waals surface area contributed by atoms with Gasteiger partial charge < -0.3 is 22.8 Å². The van der Waals surface area contributed by atoms with Crippen molar-refractivity contribution in [2.45, 2.75) is 12.8 Å². The smallest absolute Gasteiger partial charge is 0.0562 e. The average Bonchev–Trinajstić information content (AvgIpc) is 4.21. The third kappa shape index (κ3) is 5.40. The molecule has 1 aliphatic carbocycles. The summed E-state index contributed by atoms with van der Waals surface area (Å²) in [5.74, 6) is 0. The minimum absolute atomic E-state index is 1.06. The van der Waals surface area contributed by atoms with Gasteiger partial charge in [-0.1, -0.05) is 127 Å². The average molecular weight is 906 g/mol. The third-order valence-corrected chi connectivity index (χ3v) is 15.5. The standard InChI is InChI=1S/C66H43N5/c1-2-18-42(19-3-1)67-59-32-12-6-26-49(59)53-38-54-50-27-7-13-33-60(50)71(66(54)41-65(53)67)46-23-17-22-45(37-46)70-62-35-15-9-29-52(62)56-39-63-55(40-64(56)70)51-28-8-14-34-61(51)69(63)44-21-16-20-43(36-44)68-57-30-10-4-24-47(57)48-25-5-11-31-58(48)68/h1-4,6-24,26-41H,5,25H2. The van der Waals surface area contributed by atoms with Gasteiger partial charge in [-0.25, -0.2) is 0 Å². The number of allylic oxidation sites excluding steroid dienone is 1. The molecule has 1 aliphatic rings. The van der Waals surface area contributed by atoms with E-state index in [0.29, 0.717) is 0 Å². The van der Waals surface area contributed by atoms with E-state index in [1.165, 1.54) is 115 Å². The van der Waals surface area contributed by atoms with Crippen molar-refractivity contribution in [3.05, 3.63) is 242 Å². The van der Waals surface area contributed by atoms with Crippen molar-refractivity contribution in [3.63, 3.8) is 0 Å². The summed E-state index contributed by atoms with van der Waals surface area (Å²) >= 11 is 0. The quantitative estimate of drug-likeness (QED) is 0.164. The fourth-order valence-electron chi connectivity index (χ4n) is 12.6. The first kappa shape index (κ1) is 38.6. The molecule has 0 unspecified atom stereocenters. The van der Waals surface area contributed by atoms with E-state index >= 15 is 0 Å². The molecule has 0 bridgehead atoms. The fraction of sp³-hybridized carbons (Fsp3) is 0.0303. The lowest BCUT2D eigenvalue weighted by Crippen LogP contribution is -2.02. The molecule has 0 amide bonds. The van der Waals surface area contributed by atoms with Crippen LogP contribution in [0.5, 0.6) is 0 Å². The van der Waals surface area contributed by atoms with Crippen LogP contribution in [-0.4, -0.2) is 22.8 Å². The molecule has 0 N–H and O–H groups in total. The van der Waals surface area contributed by atoms with E-state index in [9.17, 15) is 0 Å². The molecule has 0 saturated carbocycles. The maximum Gasteiger partial charge on any atom is 0.0562 e. The van der Waals surface area contributed by atoms with Gasteiger partial charge in [0.05, 0.1) is 49.7 Å². The Morgan fingerprint density at radius 2 is 0.592 bits per heavy atom. The number of fused-ring (bicyclic) bond motifs is 15. The summed E-state index contributed by atoms with van der Waals surface area (Å²) in [7, 11) is 0. The molecule has 5 nitrogen and oxygen atoms in total. The van der Waals surface area contributed by atoms with Crippen LogP contribution in [0.2, 0.25) is 0 Å². The van der Waals surface area contributed by atoms with Crippen molar-refractivity contribution in [2.75, 3.05) is 0 Å². The molecule has 0 atom stereocenters. The van der Waals surface area contributed by atoms with Crippen molar-refractivity contribution >= 4 is 104 Å². The lowest BCUT2D eigenvalue weighted by atomic mass is 10.0. The predicted octanol–water partition coefficient (Wildman–Crippen LogP) is 17.0. The summed E-state index contributed by atoms with van der Waals surface area (Å²) in [4.78, 5) is 0. The van der Waals surface area contributed by atoms with Gasteiger partial charge in [0.25, 0.3) is 0 Å². The molecule has 5 heteroatoms. The van der Waals surface area contributed by atoms with Crippen LogP contribution in [0.3, 0.4) is 0 Å². The molecule has 15 aromatic rings. The van der Waals surface area contributed by atoms with Crippen molar-refractivity contribution in [2.24, 2.45) is 0 Å². The predicted molar refractivity (Wildman–Crippen MR) is 298 cm³/mol. The highest BCUT2D eigenvalue weighted by molar-refractivity contribution is 6.21. The fourth-order valence-corrected chi connectivity index (χ4v) is 12.6. The Bertz CT molecular complexity index is 4760. The van der Waals surface area contributed by atoms with Crippen molar-refractivity contribution in [1.82, 2.24) is 22.8 Å². The number of rotatable bonds is 5. The third-order valence-electron chi connectivity index (χ3n) is 15.5. The van der Waals surface area contributed by atoms with Crippen LogP contribution in [0.15, 0.2) is 231 Å². The first-order chi connectivity index (χ1) is 35.2. The number of aromatic nitrogens is 5.